The highest BCUT2D eigenvalue weighted by atomic mass is 16.5. The maximum Gasteiger partial charge on any atom is 0.310 e. The van der Waals surface area contributed by atoms with Crippen LogP contribution in [0.5, 0.6) is 0 Å². The number of esters is 1. The average Bonchev–Trinajstić information content (AvgIpc) is 2.40. The minimum atomic E-state index is -0.242. The zero-order valence-electron chi connectivity index (χ0n) is 9.59. The summed E-state index contributed by atoms with van der Waals surface area (Å²) in [6.07, 6.45) is 2.01. The highest BCUT2D eigenvalue weighted by Crippen LogP contribution is 2.21. The molecule has 1 aromatic heterocycles. The van der Waals surface area contributed by atoms with E-state index in [0.717, 1.165) is 16.8 Å². The zero-order valence-corrected chi connectivity index (χ0v) is 9.59. The fourth-order valence-corrected chi connectivity index (χ4v) is 1.67. The van der Waals surface area contributed by atoms with Crippen LogP contribution < -0.4 is 0 Å². The molecule has 0 aliphatic carbocycles. The number of aromatic nitrogens is 1. The molecule has 0 N–H and O–H groups in total. The SMILES string of the molecule is COC(=O)Cc1ccccc1-c1ccccn1. The summed E-state index contributed by atoms with van der Waals surface area (Å²) < 4.78 is 4.69. The number of carbonyl (C=O) groups excluding carboxylic acids is 1. The Hall–Kier alpha value is -2.16. The van der Waals surface area contributed by atoms with Gasteiger partial charge in [-0.25, -0.2) is 0 Å². The van der Waals surface area contributed by atoms with Crippen LogP contribution in [0.2, 0.25) is 0 Å². The van der Waals surface area contributed by atoms with Gasteiger partial charge in [0.05, 0.1) is 19.2 Å². The lowest BCUT2D eigenvalue weighted by Crippen LogP contribution is -2.05. The summed E-state index contributed by atoms with van der Waals surface area (Å²) in [5.74, 6) is -0.242. The summed E-state index contributed by atoms with van der Waals surface area (Å²) in [6, 6.07) is 13.4. The van der Waals surface area contributed by atoms with Gasteiger partial charge in [-0.3, -0.25) is 9.78 Å². The summed E-state index contributed by atoms with van der Waals surface area (Å²) in [7, 11) is 1.39. The number of hydrogen-bond acceptors (Lipinski definition) is 3. The molecule has 1 heterocycles. The fraction of sp³-hybridized carbons (Fsp3) is 0.143. The van der Waals surface area contributed by atoms with Crippen molar-refractivity contribution < 1.29 is 9.53 Å². The number of hydrogen-bond donors (Lipinski definition) is 0. The van der Waals surface area contributed by atoms with Gasteiger partial charge in [0.2, 0.25) is 0 Å². The molecule has 0 saturated heterocycles. The molecule has 0 amide bonds. The smallest absolute Gasteiger partial charge is 0.310 e. The van der Waals surface area contributed by atoms with E-state index in [4.69, 9.17) is 0 Å². The normalized spacial score (nSPS) is 9.94. The van der Waals surface area contributed by atoms with Crippen LogP contribution >= 0.6 is 0 Å². The molecule has 0 radical (unpaired) electrons. The summed E-state index contributed by atoms with van der Waals surface area (Å²) in [5, 5.41) is 0. The highest BCUT2D eigenvalue weighted by Gasteiger charge is 2.09. The topological polar surface area (TPSA) is 39.2 Å². The van der Waals surface area contributed by atoms with Gasteiger partial charge in [0, 0.05) is 11.8 Å². The van der Waals surface area contributed by atoms with Crippen molar-refractivity contribution in [3.8, 4) is 11.3 Å². The number of methoxy groups -OCH3 is 1. The number of nitrogens with zero attached hydrogens (tertiary/aromatic N) is 1. The van der Waals surface area contributed by atoms with Crippen LogP contribution in [0.15, 0.2) is 48.7 Å². The van der Waals surface area contributed by atoms with E-state index >= 15 is 0 Å². The molecule has 3 nitrogen and oxygen atoms in total. The highest BCUT2D eigenvalue weighted by molar-refractivity contribution is 5.76. The van der Waals surface area contributed by atoms with Gasteiger partial charge >= 0.3 is 5.97 Å². The van der Waals surface area contributed by atoms with Crippen LogP contribution in [-0.4, -0.2) is 18.1 Å². The third-order valence-electron chi connectivity index (χ3n) is 2.52. The number of rotatable bonds is 3. The second kappa shape index (κ2) is 5.25. The fourth-order valence-electron chi connectivity index (χ4n) is 1.67. The van der Waals surface area contributed by atoms with Crippen LogP contribution in [0.3, 0.4) is 0 Å². The average molecular weight is 227 g/mol. The first kappa shape index (κ1) is 11.3. The molecule has 0 fully saturated rings. The third kappa shape index (κ3) is 2.69. The van der Waals surface area contributed by atoms with E-state index in [2.05, 4.69) is 9.72 Å². The van der Waals surface area contributed by atoms with Gasteiger partial charge in [-0.15, -0.1) is 0 Å². The van der Waals surface area contributed by atoms with Crippen molar-refractivity contribution in [1.29, 1.82) is 0 Å². The molecular formula is C14H13NO2. The molecule has 0 aliphatic heterocycles. The maximum absolute atomic E-state index is 11.3. The number of pyridine rings is 1. The van der Waals surface area contributed by atoms with Gasteiger partial charge in [-0.2, -0.15) is 0 Å². The van der Waals surface area contributed by atoms with E-state index in [1.807, 2.05) is 42.5 Å². The summed E-state index contributed by atoms with van der Waals surface area (Å²) in [5.41, 5.74) is 2.77. The number of carbonyl (C=O) groups is 1. The van der Waals surface area contributed by atoms with Crippen LogP contribution in [0, 0.1) is 0 Å². The van der Waals surface area contributed by atoms with Crippen molar-refractivity contribution in [2.75, 3.05) is 7.11 Å². The monoisotopic (exact) mass is 227 g/mol. The molecule has 3 heteroatoms. The minimum Gasteiger partial charge on any atom is -0.469 e. The summed E-state index contributed by atoms with van der Waals surface area (Å²) >= 11 is 0. The molecule has 2 rings (SSSR count). The third-order valence-corrected chi connectivity index (χ3v) is 2.52. The van der Waals surface area contributed by atoms with Gasteiger partial charge in [-0.05, 0) is 17.7 Å². The standard InChI is InChI=1S/C14H13NO2/c1-17-14(16)10-11-6-2-3-7-12(11)13-8-4-5-9-15-13/h2-9H,10H2,1H3. The Kier molecular flexibility index (Phi) is 3.50. The lowest BCUT2D eigenvalue weighted by atomic mass is 10.0. The predicted octanol–water partition coefficient (Wildman–Crippen LogP) is 2.46. The zero-order chi connectivity index (χ0) is 12.1. The van der Waals surface area contributed by atoms with Crippen LogP contribution in [0.1, 0.15) is 5.56 Å². The Bertz CT molecular complexity index is 509. The Labute approximate surface area is 100 Å². The molecule has 0 bridgehead atoms. The van der Waals surface area contributed by atoms with E-state index in [1.54, 1.807) is 6.20 Å². The second-order valence-electron chi connectivity index (χ2n) is 3.63. The van der Waals surface area contributed by atoms with Crippen LogP contribution in [0.25, 0.3) is 11.3 Å². The molecule has 0 saturated carbocycles. The molecule has 1 aromatic carbocycles. The van der Waals surface area contributed by atoms with Gasteiger partial charge in [0.1, 0.15) is 0 Å². The van der Waals surface area contributed by atoms with Gasteiger partial charge in [0.25, 0.3) is 0 Å². The predicted molar refractivity (Wildman–Crippen MR) is 65.4 cm³/mol. The van der Waals surface area contributed by atoms with E-state index in [9.17, 15) is 4.79 Å². The Balaban J connectivity index is 2.38. The van der Waals surface area contributed by atoms with Crippen LogP contribution in [0.4, 0.5) is 0 Å². The molecular weight excluding hydrogens is 214 g/mol. The Morgan fingerprint density at radius 1 is 1.18 bits per heavy atom. The van der Waals surface area contributed by atoms with Crippen molar-refractivity contribution in [3.63, 3.8) is 0 Å². The van der Waals surface area contributed by atoms with Crippen molar-refractivity contribution in [3.05, 3.63) is 54.2 Å². The number of ether oxygens (including phenoxy) is 1. The lowest BCUT2D eigenvalue weighted by molar-refractivity contribution is -0.139. The van der Waals surface area contributed by atoms with Crippen molar-refractivity contribution in [2.24, 2.45) is 0 Å². The van der Waals surface area contributed by atoms with E-state index < -0.39 is 0 Å². The van der Waals surface area contributed by atoms with E-state index in [-0.39, 0.29) is 12.4 Å². The molecule has 0 atom stereocenters. The largest absolute Gasteiger partial charge is 0.469 e. The molecule has 0 unspecified atom stereocenters. The maximum atomic E-state index is 11.3. The molecule has 2 aromatic rings. The Morgan fingerprint density at radius 3 is 2.65 bits per heavy atom. The molecule has 0 spiro atoms. The van der Waals surface area contributed by atoms with Crippen molar-refractivity contribution in [1.82, 2.24) is 4.98 Å². The molecule has 17 heavy (non-hydrogen) atoms. The van der Waals surface area contributed by atoms with E-state index in [1.165, 1.54) is 7.11 Å². The molecule has 86 valence electrons. The minimum absolute atomic E-state index is 0.242. The number of benzene rings is 1. The first-order valence-corrected chi connectivity index (χ1v) is 5.37. The van der Waals surface area contributed by atoms with Crippen molar-refractivity contribution >= 4 is 5.97 Å². The van der Waals surface area contributed by atoms with Crippen LogP contribution in [-0.2, 0) is 16.0 Å². The van der Waals surface area contributed by atoms with E-state index in [0.29, 0.717) is 0 Å². The summed E-state index contributed by atoms with van der Waals surface area (Å²) in [6.45, 7) is 0. The first-order valence-electron chi connectivity index (χ1n) is 5.37. The second-order valence-corrected chi connectivity index (χ2v) is 3.63. The molecule has 0 aliphatic rings. The lowest BCUT2D eigenvalue weighted by Gasteiger charge is -2.07. The quantitative estimate of drug-likeness (QED) is 0.756. The first-order chi connectivity index (χ1) is 8.31. The Morgan fingerprint density at radius 2 is 1.94 bits per heavy atom. The summed E-state index contributed by atoms with van der Waals surface area (Å²) in [4.78, 5) is 15.6. The van der Waals surface area contributed by atoms with Gasteiger partial charge < -0.3 is 4.74 Å². The van der Waals surface area contributed by atoms with Crippen molar-refractivity contribution in [2.45, 2.75) is 6.42 Å². The van der Waals surface area contributed by atoms with Gasteiger partial charge in [-0.1, -0.05) is 30.3 Å². The van der Waals surface area contributed by atoms with Gasteiger partial charge in [0.15, 0.2) is 0 Å².